The van der Waals surface area contributed by atoms with Crippen molar-refractivity contribution in [2.24, 2.45) is 0 Å². The zero-order chi connectivity index (χ0) is 26.8. The van der Waals surface area contributed by atoms with Gasteiger partial charge in [0.25, 0.3) is 0 Å². The third-order valence-corrected chi connectivity index (χ3v) is 7.39. The van der Waals surface area contributed by atoms with Crippen LogP contribution in [0.4, 0.5) is 10.2 Å². The van der Waals surface area contributed by atoms with Gasteiger partial charge < -0.3 is 24.8 Å². The number of carbonyl (C=O) groups excluding carboxylic acids is 1. The first-order valence-corrected chi connectivity index (χ1v) is 13.0. The van der Waals surface area contributed by atoms with Crippen molar-refractivity contribution >= 4 is 25.2 Å². The number of aromatic nitrogens is 4. The first-order valence-electron chi connectivity index (χ1n) is 11.5. The predicted octanol–water partition coefficient (Wildman–Crippen LogP) is 1.98. The van der Waals surface area contributed by atoms with E-state index in [0.717, 1.165) is 6.92 Å². The number of benzene rings is 1. The van der Waals surface area contributed by atoms with Crippen molar-refractivity contribution in [1.29, 1.82) is 0 Å². The number of para-hydroxylation sites is 1. The van der Waals surface area contributed by atoms with Crippen LogP contribution in [0, 0.1) is 0 Å². The molecule has 15 heteroatoms. The number of aliphatic hydroxyl groups is 1. The molecular weight excluding hydrogens is 510 g/mol. The van der Waals surface area contributed by atoms with Gasteiger partial charge in [0.1, 0.15) is 36.4 Å². The summed E-state index contributed by atoms with van der Waals surface area (Å²) in [5.41, 5.74) is 3.89. The van der Waals surface area contributed by atoms with Crippen molar-refractivity contribution < 1.29 is 37.4 Å². The Hall–Kier alpha value is -3.16. The van der Waals surface area contributed by atoms with Crippen LogP contribution in [-0.2, 0) is 23.4 Å². The Bertz CT molecular complexity index is 1290. The van der Waals surface area contributed by atoms with E-state index in [9.17, 15) is 14.5 Å². The second-order valence-corrected chi connectivity index (χ2v) is 10.2. The quantitative estimate of drug-likeness (QED) is 0.253. The number of nitrogen functional groups attached to an aromatic ring is 1. The van der Waals surface area contributed by atoms with Crippen molar-refractivity contribution in [3.63, 3.8) is 0 Å². The zero-order valence-corrected chi connectivity index (χ0v) is 21.2. The van der Waals surface area contributed by atoms with Crippen molar-refractivity contribution in [2.45, 2.75) is 50.8 Å². The van der Waals surface area contributed by atoms with E-state index in [1.165, 1.54) is 24.0 Å². The molecule has 3 aromatic rings. The summed E-state index contributed by atoms with van der Waals surface area (Å²) < 4.78 is 52.5. The number of alkyl halides is 1. The molecular formula is C22H28FN6O7P. The van der Waals surface area contributed by atoms with Gasteiger partial charge in [-0.15, -0.1) is 0 Å². The predicted molar refractivity (Wildman–Crippen MR) is 128 cm³/mol. The number of fused-ring (bicyclic) bond motifs is 1. The standard InChI is InChI=1S/C22H28FN6O7P/c1-4-33-21(31)13(2)28-37(32,36-14-8-6-5-7-9-14)34-11-16-17(30)22(3,23)18(35-16)15-10-25-20-19(24)26-12-27-29(15)20/h5-10,12-13,16-18,30H,4,11H2,1-3H3,(H,28,32)(H2,24,26,27). The monoisotopic (exact) mass is 538 g/mol. The molecule has 1 aromatic carbocycles. The fourth-order valence-electron chi connectivity index (χ4n) is 3.86. The van der Waals surface area contributed by atoms with E-state index in [2.05, 4.69) is 20.2 Å². The third-order valence-electron chi connectivity index (χ3n) is 5.75. The van der Waals surface area contributed by atoms with Gasteiger partial charge in [0.05, 0.1) is 25.1 Å². The normalized spacial score (nSPS) is 26.0. The highest BCUT2D eigenvalue weighted by Crippen LogP contribution is 2.48. The molecule has 0 aliphatic carbocycles. The Kier molecular flexibility index (Phi) is 7.76. The first-order chi connectivity index (χ1) is 17.6. The number of halogens is 1. The van der Waals surface area contributed by atoms with E-state index in [1.807, 2.05) is 0 Å². The molecule has 2 aromatic heterocycles. The lowest BCUT2D eigenvalue weighted by Gasteiger charge is -2.25. The highest BCUT2D eigenvalue weighted by molar-refractivity contribution is 7.52. The van der Waals surface area contributed by atoms with Crippen molar-refractivity contribution in [3.8, 4) is 5.75 Å². The number of nitrogens with one attached hydrogen (secondary N) is 1. The van der Waals surface area contributed by atoms with Gasteiger partial charge in [0.15, 0.2) is 17.1 Å². The van der Waals surface area contributed by atoms with Crippen molar-refractivity contribution in [2.75, 3.05) is 18.9 Å². The maximum Gasteiger partial charge on any atom is 0.459 e. The Labute approximate surface area is 211 Å². The number of hydrogen-bond acceptors (Lipinski definition) is 11. The molecule has 0 spiro atoms. The van der Waals surface area contributed by atoms with Crippen LogP contribution in [-0.4, -0.2) is 67.8 Å². The van der Waals surface area contributed by atoms with Crippen LogP contribution in [0.2, 0.25) is 0 Å². The van der Waals surface area contributed by atoms with E-state index in [4.69, 9.17) is 24.3 Å². The summed E-state index contributed by atoms with van der Waals surface area (Å²) in [6.07, 6.45) is -1.76. The molecule has 0 saturated carbocycles. The molecule has 1 aliphatic rings. The van der Waals surface area contributed by atoms with Gasteiger partial charge in [-0.05, 0) is 32.9 Å². The molecule has 13 nitrogen and oxygen atoms in total. The number of esters is 1. The molecule has 1 saturated heterocycles. The minimum absolute atomic E-state index is 0.0843. The largest absolute Gasteiger partial charge is 0.465 e. The van der Waals surface area contributed by atoms with Gasteiger partial charge in [0.2, 0.25) is 0 Å². The summed E-state index contributed by atoms with van der Waals surface area (Å²) in [4.78, 5) is 20.1. The van der Waals surface area contributed by atoms with E-state index in [1.54, 1.807) is 37.3 Å². The van der Waals surface area contributed by atoms with Gasteiger partial charge >= 0.3 is 13.7 Å². The number of hydrogen-bond donors (Lipinski definition) is 3. The maximum atomic E-state index is 15.8. The number of aliphatic hydroxyl groups excluding tert-OH is 1. The average molecular weight is 538 g/mol. The van der Waals surface area contributed by atoms with Crippen LogP contribution < -0.4 is 15.3 Å². The molecule has 200 valence electrons. The van der Waals surface area contributed by atoms with Crippen molar-refractivity contribution in [3.05, 3.63) is 48.5 Å². The molecule has 4 N–H and O–H groups in total. The first kappa shape index (κ1) is 26.9. The Morgan fingerprint density at radius 3 is 2.81 bits per heavy atom. The number of nitrogens with two attached hydrogens (primary N) is 1. The highest BCUT2D eigenvalue weighted by Gasteiger charge is 2.56. The van der Waals surface area contributed by atoms with Crippen LogP contribution in [0.3, 0.4) is 0 Å². The van der Waals surface area contributed by atoms with E-state index < -0.39 is 50.3 Å². The lowest BCUT2D eigenvalue weighted by Crippen LogP contribution is -2.40. The highest BCUT2D eigenvalue weighted by atomic mass is 31.2. The molecule has 4 rings (SSSR count). The number of ether oxygens (including phenoxy) is 2. The molecule has 1 fully saturated rings. The van der Waals surface area contributed by atoms with Gasteiger partial charge in [0, 0.05) is 0 Å². The maximum absolute atomic E-state index is 15.8. The Balaban J connectivity index is 1.54. The van der Waals surface area contributed by atoms with Gasteiger partial charge in [-0.3, -0.25) is 9.32 Å². The summed E-state index contributed by atoms with van der Waals surface area (Å²) in [7, 11) is -4.24. The second kappa shape index (κ2) is 10.7. The zero-order valence-electron chi connectivity index (χ0n) is 20.4. The number of rotatable bonds is 10. The SMILES string of the molecule is CCOC(=O)C(C)NP(=O)(OCC1OC(c2cnc3c(N)ncnn23)C(C)(F)C1O)Oc1ccccc1. The molecule has 0 amide bonds. The summed E-state index contributed by atoms with van der Waals surface area (Å²) >= 11 is 0. The second-order valence-electron chi connectivity index (χ2n) is 8.51. The number of anilines is 1. The van der Waals surface area contributed by atoms with Gasteiger partial charge in [-0.25, -0.2) is 23.4 Å². The number of imidazole rings is 1. The molecule has 0 bridgehead atoms. The fraction of sp³-hybridized carbons (Fsp3) is 0.455. The molecule has 37 heavy (non-hydrogen) atoms. The molecule has 3 heterocycles. The minimum atomic E-state index is -4.24. The fourth-order valence-corrected chi connectivity index (χ4v) is 5.36. The van der Waals surface area contributed by atoms with Crippen LogP contribution in [0.15, 0.2) is 42.9 Å². The van der Waals surface area contributed by atoms with Gasteiger partial charge in [-0.2, -0.15) is 10.2 Å². The summed E-state index contributed by atoms with van der Waals surface area (Å²) in [6, 6.07) is 7.07. The van der Waals surface area contributed by atoms with E-state index >= 15 is 4.39 Å². The van der Waals surface area contributed by atoms with Crippen LogP contribution in [0.5, 0.6) is 5.75 Å². The summed E-state index contributed by atoms with van der Waals surface area (Å²) in [5.74, 6) is -0.398. The van der Waals surface area contributed by atoms with Crippen LogP contribution in [0.25, 0.3) is 5.65 Å². The smallest absolute Gasteiger partial charge is 0.459 e. The molecule has 1 aliphatic heterocycles. The van der Waals surface area contributed by atoms with Crippen molar-refractivity contribution in [1.82, 2.24) is 24.7 Å². The molecule has 0 radical (unpaired) electrons. The average Bonchev–Trinajstić information content (AvgIpc) is 3.38. The topological polar surface area (TPSA) is 172 Å². The van der Waals surface area contributed by atoms with Crippen LogP contribution in [0.1, 0.15) is 32.6 Å². The Morgan fingerprint density at radius 1 is 1.38 bits per heavy atom. The number of nitrogens with zero attached hydrogens (tertiary/aromatic N) is 4. The van der Waals surface area contributed by atoms with E-state index in [0.29, 0.717) is 0 Å². The van der Waals surface area contributed by atoms with Crippen LogP contribution >= 0.6 is 7.75 Å². The minimum Gasteiger partial charge on any atom is -0.465 e. The summed E-state index contributed by atoms with van der Waals surface area (Å²) in [6.45, 7) is 3.80. The summed E-state index contributed by atoms with van der Waals surface area (Å²) in [5, 5.41) is 17.3. The lowest BCUT2D eigenvalue weighted by molar-refractivity contribution is -0.144. The molecule has 6 unspecified atom stereocenters. The lowest BCUT2D eigenvalue weighted by atomic mass is 9.93. The molecule has 6 atom stereocenters. The Morgan fingerprint density at radius 2 is 2.11 bits per heavy atom. The van der Waals surface area contributed by atoms with Gasteiger partial charge in [-0.1, -0.05) is 18.2 Å². The third kappa shape index (κ3) is 5.58. The number of carbonyl (C=O) groups is 1. The van der Waals surface area contributed by atoms with E-state index in [-0.39, 0.29) is 29.5 Å².